The molecular formula is C22H24F3NO4S. The molecule has 0 atom stereocenters. The summed E-state index contributed by atoms with van der Waals surface area (Å²) in [6, 6.07) is 11.3. The Balaban J connectivity index is 1.98. The van der Waals surface area contributed by atoms with Crippen LogP contribution in [0.3, 0.4) is 0 Å². The van der Waals surface area contributed by atoms with Crippen LogP contribution >= 0.6 is 0 Å². The van der Waals surface area contributed by atoms with Crippen molar-refractivity contribution in [2.75, 3.05) is 19.7 Å². The number of rotatable bonds is 5. The molecule has 1 saturated heterocycles. The monoisotopic (exact) mass is 455 g/mol. The van der Waals surface area contributed by atoms with Crippen molar-refractivity contribution < 1.29 is 31.1 Å². The van der Waals surface area contributed by atoms with Crippen molar-refractivity contribution in [1.82, 2.24) is 4.31 Å². The molecule has 0 aromatic heterocycles. The molecule has 0 radical (unpaired) electrons. The number of aryl methyl sites for hydroxylation is 1. The number of nitrogens with zero attached hydrogens (tertiary/aromatic N) is 1. The summed E-state index contributed by atoms with van der Waals surface area (Å²) in [6.07, 6.45) is -4.87. The normalized spacial score (nSPS) is 17.3. The maximum atomic E-state index is 13.7. The number of ether oxygens (including phenoxy) is 1. The largest absolute Gasteiger partial charge is 0.465 e. The van der Waals surface area contributed by atoms with Crippen LogP contribution in [0.25, 0.3) is 0 Å². The summed E-state index contributed by atoms with van der Waals surface area (Å²) in [4.78, 5) is 13.0. The van der Waals surface area contributed by atoms with Gasteiger partial charge in [-0.15, -0.1) is 0 Å². The molecule has 1 aliphatic heterocycles. The zero-order chi connectivity index (χ0) is 22.9. The van der Waals surface area contributed by atoms with Crippen LogP contribution in [0.2, 0.25) is 0 Å². The standard InChI is InChI=1S/C22H24F3NO4S/c1-3-30-20(27)21(18-6-4-5-7-19(18)22(23,24)25)12-14-26(15-13-21)31(28,29)17-10-8-16(2)9-11-17/h4-11H,3,12-15H2,1-2H3. The summed E-state index contributed by atoms with van der Waals surface area (Å²) in [6.45, 7) is 3.24. The van der Waals surface area contributed by atoms with E-state index in [-0.39, 0.29) is 43.0 Å². The molecule has 0 N–H and O–H groups in total. The molecule has 0 bridgehead atoms. The number of halogens is 3. The van der Waals surface area contributed by atoms with Gasteiger partial charge >= 0.3 is 12.1 Å². The fraction of sp³-hybridized carbons (Fsp3) is 0.409. The molecule has 0 unspecified atom stereocenters. The third kappa shape index (κ3) is 4.48. The van der Waals surface area contributed by atoms with Crippen LogP contribution in [0.1, 0.15) is 36.5 Å². The first-order valence-corrected chi connectivity index (χ1v) is 11.4. The van der Waals surface area contributed by atoms with E-state index in [9.17, 15) is 26.4 Å². The maximum Gasteiger partial charge on any atom is 0.416 e. The average molecular weight is 455 g/mol. The number of benzene rings is 2. The summed E-state index contributed by atoms with van der Waals surface area (Å²) in [5.41, 5.74) is -1.74. The van der Waals surface area contributed by atoms with Gasteiger partial charge in [0, 0.05) is 13.1 Å². The van der Waals surface area contributed by atoms with Crippen LogP contribution in [0, 0.1) is 6.92 Å². The number of alkyl halides is 3. The Bertz CT molecular complexity index is 1040. The first-order chi connectivity index (χ1) is 14.5. The summed E-state index contributed by atoms with van der Waals surface area (Å²) >= 11 is 0. The Labute approximate surface area is 179 Å². The summed E-state index contributed by atoms with van der Waals surface area (Å²) in [7, 11) is -3.83. The Hall–Kier alpha value is -2.39. The fourth-order valence-corrected chi connectivity index (χ4v) is 5.41. The lowest BCUT2D eigenvalue weighted by atomic mass is 9.71. The SMILES string of the molecule is CCOC(=O)C1(c2ccccc2C(F)(F)F)CCN(S(=O)(=O)c2ccc(C)cc2)CC1. The highest BCUT2D eigenvalue weighted by atomic mass is 32.2. The molecule has 5 nitrogen and oxygen atoms in total. The number of carbonyl (C=O) groups is 1. The first kappa shape index (κ1) is 23.3. The predicted molar refractivity (Wildman–Crippen MR) is 109 cm³/mol. The molecule has 0 aliphatic carbocycles. The van der Waals surface area contributed by atoms with Crippen LogP contribution < -0.4 is 0 Å². The van der Waals surface area contributed by atoms with Gasteiger partial charge in [0.1, 0.15) is 0 Å². The van der Waals surface area contributed by atoms with E-state index in [0.717, 1.165) is 11.6 Å². The number of carbonyl (C=O) groups excluding carboxylic acids is 1. The third-order valence-corrected chi connectivity index (χ3v) is 7.56. The summed E-state index contributed by atoms with van der Waals surface area (Å²) in [5.74, 6) is -0.765. The molecule has 31 heavy (non-hydrogen) atoms. The topological polar surface area (TPSA) is 63.7 Å². The molecule has 2 aromatic carbocycles. The van der Waals surface area contributed by atoms with E-state index in [1.807, 2.05) is 6.92 Å². The van der Waals surface area contributed by atoms with Crippen LogP contribution in [0.15, 0.2) is 53.4 Å². The van der Waals surface area contributed by atoms with Crippen LogP contribution in [-0.4, -0.2) is 38.4 Å². The van der Waals surface area contributed by atoms with Crippen molar-refractivity contribution in [2.24, 2.45) is 0 Å². The van der Waals surface area contributed by atoms with Gasteiger partial charge < -0.3 is 4.74 Å². The Morgan fingerprint density at radius 1 is 1.06 bits per heavy atom. The highest BCUT2D eigenvalue weighted by Gasteiger charge is 2.50. The molecule has 0 saturated carbocycles. The second kappa shape index (κ2) is 8.63. The highest BCUT2D eigenvalue weighted by molar-refractivity contribution is 7.89. The molecule has 168 valence electrons. The van der Waals surface area contributed by atoms with Gasteiger partial charge in [0.25, 0.3) is 0 Å². The molecule has 1 heterocycles. The van der Waals surface area contributed by atoms with Gasteiger partial charge in [-0.05, 0) is 50.5 Å². The van der Waals surface area contributed by atoms with Crippen LogP contribution in [0.5, 0.6) is 0 Å². The van der Waals surface area contributed by atoms with Crippen molar-refractivity contribution in [3.63, 3.8) is 0 Å². The smallest absolute Gasteiger partial charge is 0.416 e. The fourth-order valence-electron chi connectivity index (χ4n) is 3.97. The summed E-state index contributed by atoms with van der Waals surface area (Å²) < 4.78 is 73.4. The minimum atomic E-state index is -4.65. The Morgan fingerprint density at radius 2 is 1.65 bits per heavy atom. The average Bonchev–Trinajstić information content (AvgIpc) is 2.73. The van der Waals surface area contributed by atoms with Crippen molar-refractivity contribution in [3.8, 4) is 0 Å². The van der Waals surface area contributed by atoms with Crippen LogP contribution in [-0.2, 0) is 31.1 Å². The number of piperidine rings is 1. The van der Waals surface area contributed by atoms with E-state index in [2.05, 4.69) is 0 Å². The molecule has 0 amide bonds. The molecule has 2 aromatic rings. The van der Waals surface area contributed by atoms with Gasteiger partial charge in [-0.2, -0.15) is 17.5 Å². The van der Waals surface area contributed by atoms with Crippen molar-refractivity contribution >= 4 is 16.0 Å². The summed E-state index contributed by atoms with van der Waals surface area (Å²) in [5, 5.41) is 0. The van der Waals surface area contributed by atoms with E-state index in [0.29, 0.717) is 0 Å². The lowest BCUT2D eigenvalue weighted by molar-refractivity contribution is -0.153. The van der Waals surface area contributed by atoms with E-state index < -0.39 is 33.1 Å². The van der Waals surface area contributed by atoms with Gasteiger partial charge in [0.15, 0.2) is 0 Å². The third-order valence-electron chi connectivity index (χ3n) is 5.65. The van der Waals surface area contributed by atoms with E-state index >= 15 is 0 Å². The molecule has 1 aliphatic rings. The second-order valence-electron chi connectivity index (χ2n) is 7.56. The molecule has 0 spiro atoms. The number of hydrogen-bond donors (Lipinski definition) is 0. The minimum absolute atomic E-state index is 0.0140. The number of sulfonamides is 1. The molecule has 1 fully saturated rings. The van der Waals surface area contributed by atoms with Crippen LogP contribution in [0.4, 0.5) is 13.2 Å². The molecule has 3 rings (SSSR count). The Morgan fingerprint density at radius 3 is 2.19 bits per heavy atom. The zero-order valence-corrected chi connectivity index (χ0v) is 18.1. The van der Waals surface area contributed by atoms with E-state index in [1.165, 1.54) is 34.6 Å². The van der Waals surface area contributed by atoms with Gasteiger partial charge in [-0.1, -0.05) is 35.9 Å². The minimum Gasteiger partial charge on any atom is -0.465 e. The zero-order valence-electron chi connectivity index (χ0n) is 17.3. The number of hydrogen-bond acceptors (Lipinski definition) is 4. The van der Waals surface area contributed by atoms with Gasteiger partial charge in [0.05, 0.1) is 22.5 Å². The van der Waals surface area contributed by atoms with Crippen molar-refractivity contribution in [3.05, 3.63) is 65.2 Å². The second-order valence-corrected chi connectivity index (χ2v) is 9.50. The molecule has 9 heteroatoms. The first-order valence-electron chi connectivity index (χ1n) is 9.93. The van der Waals surface area contributed by atoms with Crippen molar-refractivity contribution in [2.45, 2.75) is 43.2 Å². The quantitative estimate of drug-likeness (QED) is 0.631. The lowest BCUT2D eigenvalue weighted by Gasteiger charge is -2.40. The maximum absolute atomic E-state index is 13.7. The lowest BCUT2D eigenvalue weighted by Crippen LogP contribution is -2.50. The predicted octanol–water partition coefficient (Wildman–Crippen LogP) is 4.30. The van der Waals surface area contributed by atoms with E-state index in [4.69, 9.17) is 4.74 Å². The number of esters is 1. The highest BCUT2D eigenvalue weighted by Crippen LogP contribution is 2.44. The van der Waals surface area contributed by atoms with Crippen molar-refractivity contribution in [1.29, 1.82) is 0 Å². The van der Waals surface area contributed by atoms with Gasteiger partial charge in [0.2, 0.25) is 10.0 Å². The van der Waals surface area contributed by atoms with Gasteiger partial charge in [-0.3, -0.25) is 4.79 Å². The Kier molecular flexibility index (Phi) is 6.48. The molecular weight excluding hydrogens is 431 g/mol. The van der Waals surface area contributed by atoms with E-state index in [1.54, 1.807) is 19.1 Å². The van der Waals surface area contributed by atoms with Gasteiger partial charge in [-0.25, -0.2) is 8.42 Å².